The summed E-state index contributed by atoms with van der Waals surface area (Å²) >= 11 is 1.35. The molecule has 0 unspecified atom stereocenters. The molecule has 2 aromatic rings. The van der Waals surface area contributed by atoms with Crippen molar-refractivity contribution in [2.45, 2.75) is 44.4 Å². The largest absolute Gasteiger partial charge is 0.349 e. The molecule has 2 N–H and O–H groups in total. The lowest BCUT2D eigenvalue weighted by Gasteiger charge is -2.08. The molecule has 1 aliphatic rings. The molecule has 1 aromatic heterocycles. The lowest BCUT2D eigenvalue weighted by Crippen LogP contribution is -2.25. The number of thioether (sulfide) groups is 1. The van der Waals surface area contributed by atoms with Crippen molar-refractivity contribution in [2.24, 2.45) is 0 Å². The zero-order valence-electron chi connectivity index (χ0n) is 14.3. The van der Waals surface area contributed by atoms with Gasteiger partial charge in [-0.1, -0.05) is 17.8 Å². The van der Waals surface area contributed by atoms with Gasteiger partial charge in [-0.3, -0.25) is 9.59 Å². The first kappa shape index (κ1) is 17.5. The third-order valence-electron chi connectivity index (χ3n) is 3.87. The first-order valence-corrected chi connectivity index (χ1v) is 9.28. The molecule has 0 saturated heterocycles. The predicted molar refractivity (Wildman–Crippen MR) is 96.7 cm³/mol. The van der Waals surface area contributed by atoms with E-state index in [-0.39, 0.29) is 17.6 Å². The van der Waals surface area contributed by atoms with Crippen molar-refractivity contribution in [1.29, 1.82) is 0 Å². The molecule has 0 radical (unpaired) electrons. The molecule has 0 aliphatic heterocycles. The number of nitrogens with one attached hydrogen (secondary N) is 2. The zero-order valence-corrected chi connectivity index (χ0v) is 15.1. The summed E-state index contributed by atoms with van der Waals surface area (Å²) in [6, 6.07) is 7.28. The first-order valence-electron chi connectivity index (χ1n) is 8.30. The Bertz CT molecular complexity index is 785. The van der Waals surface area contributed by atoms with E-state index in [0.717, 1.165) is 30.4 Å². The van der Waals surface area contributed by atoms with Crippen molar-refractivity contribution in [1.82, 2.24) is 20.1 Å². The molecule has 0 bridgehead atoms. The molecule has 1 heterocycles. The molecule has 1 aliphatic carbocycles. The van der Waals surface area contributed by atoms with Crippen molar-refractivity contribution in [2.75, 3.05) is 11.1 Å². The van der Waals surface area contributed by atoms with Gasteiger partial charge in [0.1, 0.15) is 5.82 Å². The van der Waals surface area contributed by atoms with Crippen LogP contribution >= 0.6 is 11.8 Å². The van der Waals surface area contributed by atoms with Crippen molar-refractivity contribution in [3.63, 3.8) is 0 Å². The van der Waals surface area contributed by atoms with Crippen molar-refractivity contribution < 1.29 is 9.59 Å². The fourth-order valence-corrected chi connectivity index (χ4v) is 3.24. The van der Waals surface area contributed by atoms with E-state index in [1.165, 1.54) is 11.8 Å². The van der Waals surface area contributed by atoms with E-state index in [1.54, 1.807) is 24.3 Å². The topological polar surface area (TPSA) is 88.9 Å². The van der Waals surface area contributed by atoms with Crippen LogP contribution in [0.1, 0.15) is 35.9 Å². The Labute approximate surface area is 150 Å². The quantitative estimate of drug-likeness (QED) is 0.740. The maximum absolute atomic E-state index is 12.2. The second-order valence-corrected chi connectivity index (χ2v) is 6.88. The minimum Gasteiger partial charge on any atom is -0.349 e. The Kier molecular flexibility index (Phi) is 5.37. The van der Waals surface area contributed by atoms with Gasteiger partial charge < -0.3 is 15.2 Å². The van der Waals surface area contributed by atoms with Crippen LogP contribution in [0.3, 0.4) is 0 Å². The highest BCUT2D eigenvalue weighted by molar-refractivity contribution is 7.99. The van der Waals surface area contributed by atoms with Gasteiger partial charge in [0, 0.05) is 23.8 Å². The number of carbonyl (C=O) groups is 2. The van der Waals surface area contributed by atoms with Crippen LogP contribution in [0, 0.1) is 6.92 Å². The molecule has 25 heavy (non-hydrogen) atoms. The maximum Gasteiger partial charge on any atom is 0.251 e. The van der Waals surface area contributed by atoms with Crippen molar-refractivity contribution >= 4 is 29.3 Å². The summed E-state index contributed by atoms with van der Waals surface area (Å²) in [4.78, 5) is 24.2. The summed E-state index contributed by atoms with van der Waals surface area (Å²) in [6.07, 6.45) is 2.09. The van der Waals surface area contributed by atoms with Crippen LogP contribution in [0.15, 0.2) is 29.4 Å². The fraction of sp³-hybridized carbons (Fsp3) is 0.412. The van der Waals surface area contributed by atoms with Crippen LogP contribution in [0.4, 0.5) is 5.69 Å². The minimum absolute atomic E-state index is 0.0977. The molecular formula is C17H21N5O2S. The van der Waals surface area contributed by atoms with Gasteiger partial charge in [-0.2, -0.15) is 0 Å². The Morgan fingerprint density at radius 2 is 2.12 bits per heavy atom. The Morgan fingerprint density at radius 1 is 1.32 bits per heavy atom. The molecule has 1 aromatic carbocycles. The van der Waals surface area contributed by atoms with Crippen LogP contribution in [-0.4, -0.2) is 38.4 Å². The highest BCUT2D eigenvalue weighted by Crippen LogP contribution is 2.20. The minimum atomic E-state index is -0.145. The second-order valence-electron chi connectivity index (χ2n) is 5.94. The van der Waals surface area contributed by atoms with Gasteiger partial charge in [0.15, 0.2) is 5.16 Å². The molecule has 1 fully saturated rings. The van der Waals surface area contributed by atoms with E-state index in [2.05, 4.69) is 20.8 Å². The van der Waals surface area contributed by atoms with Crippen LogP contribution in [0.2, 0.25) is 0 Å². The molecule has 7 nitrogen and oxygen atoms in total. The van der Waals surface area contributed by atoms with E-state index < -0.39 is 0 Å². The smallest absolute Gasteiger partial charge is 0.251 e. The number of benzene rings is 1. The number of aryl methyl sites for hydroxylation is 1. The van der Waals surface area contributed by atoms with Gasteiger partial charge in [0.05, 0.1) is 5.75 Å². The average molecular weight is 359 g/mol. The van der Waals surface area contributed by atoms with Crippen molar-refractivity contribution in [3.05, 3.63) is 35.7 Å². The number of rotatable bonds is 7. The summed E-state index contributed by atoms with van der Waals surface area (Å²) in [5, 5.41) is 14.6. The SMILES string of the molecule is CCn1c(C)nnc1SCC(=O)Nc1cccc(C(=O)NC2CC2)c1. The van der Waals surface area contributed by atoms with Gasteiger partial charge in [-0.15, -0.1) is 10.2 Å². The molecule has 2 amide bonds. The van der Waals surface area contributed by atoms with Gasteiger partial charge in [0.25, 0.3) is 5.91 Å². The Balaban J connectivity index is 1.56. The summed E-state index contributed by atoms with van der Waals surface area (Å²) in [6.45, 7) is 4.67. The molecule has 1 saturated carbocycles. The highest BCUT2D eigenvalue weighted by Gasteiger charge is 2.23. The molecule has 3 rings (SSSR count). The average Bonchev–Trinajstić information content (AvgIpc) is 3.34. The van der Waals surface area contributed by atoms with Gasteiger partial charge in [0.2, 0.25) is 5.91 Å². The summed E-state index contributed by atoms with van der Waals surface area (Å²) in [5.74, 6) is 0.823. The van der Waals surface area contributed by atoms with Gasteiger partial charge in [-0.25, -0.2) is 0 Å². The number of carbonyl (C=O) groups excluding carboxylic acids is 2. The van der Waals surface area contributed by atoms with E-state index >= 15 is 0 Å². The number of amides is 2. The number of anilines is 1. The standard InChI is InChI=1S/C17H21N5O2S/c1-3-22-11(2)20-21-17(22)25-10-15(23)18-14-6-4-5-12(9-14)16(24)19-13-7-8-13/h4-6,9,13H,3,7-8,10H2,1-2H3,(H,18,23)(H,19,24). The molecule has 0 spiro atoms. The van der Waals surface area contributed by atoms with E-state index in [4.69, 9.17) is 0 Å². The fourth-order valence-electron chi connectivity index (χ4n) is 2.39. The van der Waals surface area contributed by atoms with Gasteiger partial charge >= 0.3 is 0 Å². The summed E-state index contributed by atoms with van der Waals surface area (Å²) in [7, 11) is 0. The Hall–Kier alpha value is -2.35. The maximum atomic E-state index is 12.2. The molecule has 0 atom stereocenters. The van der Waals surface area contributed by atoms with Crippen LogP contribution in [-0.2, 0) is 11.3 Å². The normalized spacial score (nSPS) is 13.5. The number of nitrogens with zero attached hydrogens (tertiary/aromatic N) is 3. The van der Waals surface area contributed by atoms with E-state index in [1.807, 2.05) is 18.4 Å². The number of hydrogen-bond donors (Lipinski definition) is 2. The highest BCUT2D eigenvalue weighted by atomic mass is 32.2. The first-order chi connectivity index (χ1) is 12.1. The third kappa shape index (κ3) is 4.60. The van der Waals surface area contributed by atoms with Gasteiger partial charge in [-0.05, 0) is 44.9 Å². The number of hydrogen-bond acceptors (Lipinski definition) is 5. The summed E-state index contributed by atoms with van der Waals surface area (Å²) in [5.41, 5.74) is 1.17. The molecule has 8 heteroatoms. The Morgan fingerprint density at radius 3 is 2.84 bits per heavy atom. The third-order valence-corrected chi connectivity index (χ3v) is 4.84. The molecule has 132 valence electrons. The van der Waals surface area contributed by atoms with E-state index in [0.29, 0.717) is 17.3 Å². The summed E-state index contributed by atoms with van der Waals surface area (Å²) < 4.78 is 1.96. The monoisotopic (exact) mass is 359 g/mol. The zero-order chi connectivity index (χ0) is 17.8. The lowest BCUT2D eigenvalue weighted by atomic mass is 10.2. The van der Waals surface area contributed by atoms with Crippen molar-refractivity contribution in [3.8, 4) is 0 Å². The lowest BCUT2D eigenvalue weighted by molar-refractivity contribution is -0.113. The van der Waals surface area contributed by atoms with Crippen LogP contribution in [0.25, 0.3) is 0 Å². The van der Waals surface area contributed by atoms with Crippen LogP contribution < -0.4 is 10.6 Å². The second kappa shape index (κ2) is 7.69. The predicted octanol–water partition coefficient (Wildman–Crippen LogP) is 2.23. The van der Waals surface area contributed by atoms with Crippen LogP contribution in [0.5, 0.6) is 0 Å². The number of aromatic nitrogens is 3. The van der Waals surface area contributed by atoms with E-state index in [9.17, 15) is 9.59 Å². The molecular weight excluding hydrogens is 338 g/mol.